The Bertz CT molecular complexity index is 1980. The SMILES string of the molecule is C1=CC(c2ccc(-c3nnc(-c4ccc(Oc5ccc(-c6nnc(-c7ccc(C8=CCCC=C8)cc7)o6)cc5)cc4)o3)cc2)=CCC1. The molecule has 0 radical (unpaired) electrons. The second kappa shape index (κ2) is 12.7. The minimum atomic E-state index is 0.451. The zero-order valence-corrected chi connectivity index (χ0v) is 25.5. The van der Waals surface area contributed by atoms with Crippen molar-refractivity contribution in [3.05, 3.63) is 145 Å². The third kappa shape index (κ3) is 6.24. The fraction of sp³-hybridized carbons (Fsp3) is 0.100. The Balaban J connectivity index is 0.898. The zero-order valence-electron chi connectivity index (χ0n) is 25.5. The van der Waals surface area contributed by atoms with Gasteiger partial charge in [-0.3, -0.25) is 0 Å². The van der Waals surface area contributed by atoms with Gasteiger partial charge in [-0.25, -0.2) is 0 Å². The van der Waals surface area contributed by atoms with Gasteiger partial charge in [0.1, 0.15) is 11.5 Å². The van der Waals surface area contributed by atoms with Crippen LogP contribution in [0.3, 0.4) is 0 Å². The van der Waals surface area contributed by atoms with Gasteiger partial charge in [0.15, 0.2) is 0 Å². The van der Waals surface area contributed by atoms with Gasteiger partial charge in [0.25, 0.3) is 0 Å². The summed E-state index contributed by atoms with van der Waals surface area (Å²) in [4.78, 5) is 0. The molecule has 7 heteroatoms. The van der Waals surface area contributed by atoms with Gasteiger partial charge in [0, 0.05) is 22.3 Å². The molecule has 4 aromatic carbocycles. The first-order chi connectivity index (χ1) is 23.2. The van der Waals surface area contributed by atoms with Crippen LogP contribution in [0.2, 0.25) is 0 Å². The van der Waals surface area contributed by atoms with Crippen LogP contribution < -0.4 is 4.74 Å². The van der Waals surface area contributed by atoms with Gasteiger partial charge in [-0.05, 0) is 121 Å². The van der Waals surface area contributed by atoms with Crippen molar-refractivity contribution in [3.63, 3.8) is 0 Å². The molecule has 0 N–H and O–H groups in total. The van der Waals surface area contributed by atoms with E-state index in [1.807, 2.05) is 72.8 Å². The first kappa shape index (κ1) is 28.4. The van der Waals surface area contributed by atoms with Crippen LogP contribution in [0.1, 0.15) is 36.8 Å². The summed E-state index contributed by atoms with van der Waals surface area (Å²) < 4.78 is 18.1. The molecule has 2 aliphatic carbocycles. The first-order valence-corrected chi connectivity index (χ1v) is 15.8. The molecular weight excluding hydrogens is 584 g/mol. The molecule has 0 fully saturated rings. The van der Waals surface area contributed by atoms with Crippen molar-refractivity contribution in [2.24, 2.45) is 0 Å². The average molecular weight is 615 g/mol. The van der Waals surface area contributed by atoms with Crippen LogP contribution in [0.25, 0.3) is 57.0 Å². The highest BCUT2D eigenvalue weighted by Crippen LogP contribution is 2.31. The van der Waals surface area contributed by atoms with E-state index >= 15 is 0 Å². The molecule has 0 amide bonds. The van der Waals surface area contributed by atoms with Gasteiger partial charge in [0.2, 0.25) is 23.6 Å². The Kier molecular flexibility index (Phi) is 7.69. The second-order valence-corrected chi connectivity index (χ2v) is 11.4. The third-order valence-electron chi connectivity index (χ3n) is 8.21. The van der Waals surface area contributed by atoms with E-state index < -0.39 is 0 Å². The third-order valence-corrected chi connectivity index (χ3v) is 8.21. The van der Waals surface area contributed by atoms with Crippen LogP contribution in [0.15, 0.2) is 142 Å². The van der Waals surface area contributed by atoms with Crippen molar-refractivity contribution in [1.29, 1.82) is 0 Å². The molecule has 7 nitrogen and oxygen atoms in total. The number of ether oxygens (including phenoxy) is 1. The average Bonchev–Trinajstić information content (AvgIpc) is 3.85. The number of benzene rings is 4. The number of allylic oxidation sites excluding steroid dienone is 8. The summed E-state index contributed by atoms with van der Waals surface area (Å²) in [5.41, 5.74) is 8.24. The summed E-state index contributed by atoms with van der Waals surface area (Å²) in [7, 11) is 0. The van der Waals surface area contributed by atoms with Gasteiger partial charge in [-0.2, -0.15) is 0 Å². The predicted molar refractivity (Wildman–Crippen MR) is 183 cm³/mol. The monoisotopic (exact) mass is 614 g/mol. The summed E-state index contributed by atoms with van der Waals surface area (Å²) >= 11 is 0. The summed E-state index contributed by atoms with van der Waals surface area (Å²) in [6, 6.07) is 31.6. The van der Waals surface area contributed by atoms with Gasteiger partial charge < -0.3 is 13.6 Å². The van der Waals surface area contributed by atoms with Gasteiger partial charge in [0.05, 0.1) is 0 Å². The van der Waals surface area contributed by atoms with Crippen LogP contribution in [0.4, 0.5) is 0 Å². The second-order valence-electron chi connectivity index (χ2n) is 11.4. The molecule has 6 aromatic rings. The Labute approximate surface area is 272 Å². The molecule has 0 aliphatic heterocycles. The quantitative estimate of drug-likeness (QED) is 0.169. The van der Waals surface area contributed by atoms with E-state index in [0.29, 0.717) is 35.1 Å². The molecule has 2 aliphatic rings. The van der Waals surface area contributed by atoms with Gasteiger partial charge in [-0.1, -0.05) is 60.7 Å². The molecular formula is C40H30N4O3. The lowest BCUT2D eigenvalue weighted by molar-refractivity contribution is 0.482. The fourth-order valence-electron chi connectivity index (χ4n) is 5.65. The van der Waals surface area contributed by atoms with Crippen molar-refractivity contribution in [1.82, 2.24) is 20.4 Å². The van der Waals surface area contributed by atoms with E-state index in [2.05, 4.69) is 81.1 Å². The normalized spacial score (nSPS) is 14.1. The Morgan fingerprint density at radius 3 is 1.02 bits per heavy atom. The van der Waals surface area contributed by atoms with Crippen LogP contribution >= 0.6 is 0 Å². The topological polar surface area (TPSA) is 87.1 Å². The van der Waals surface area contributed by atoms with E-state index in [4.69, 9.17) is 13.6 Å². The van der Waals surface area contributed by atoms with Crippen LogP contribution in [-0.4, -0.2) is 20.4 Å². The molecule has 0 saturated carbocycles. The lowest BCUT2D eigenvalue weighted by Crippen LogP contribution is -1.86. The highest BCUT2D eigenvalue weighted by atomic mass is 16.5. The molecule has 0 spiro atoms. The number of hydrogen-bond donors (Lipinski definition) is 0. The standard InChI is InChI=1S/C40H30N4O3/c1-3-7-27(8-4-1)29-11-15-31(16-12-29)37-41-43-39(46-37)33-19-23-35(24-20-33)45-36-25-21-34(22-26-36)40-44-42-38(47-40)32-17-13-30(14-18-32)28-9-5-2-6-10-28/h3,5,7-26H,1-2,4,6H2. The Hall–Kier alpha value is -6.08. The van der Waals surface area contributed by atoms with Gasteiger partial charge in [-0.15, -0.1) is 20.4 Å². The number of nitrogens with zero attached hydrogens (tertiary/aromatic N) is 4. The predicted octanol–water partition coefficient (Wildman–Crippen LogP) is 10.4. The molecule has 2 aromatic heterocycles. The molecule has 0 saturated heterocycles. The molecule has 47 heavy (non-hydrogen) atoms. The number of rotatable bonds is 8. The molecule has 8 rings (SSSR count). The summed E-state index contributed by atoms with van der Waals surface area (Å²) in [6.45, 7) is 0. The highest BCUT2D eigenvalue weighted by molar-refractivity contribution is 5.77. The maximum atomic E-state index is 6.08. The number of aromatic nitrogens is 4. The van der Waals surface area contributed by atoms with E-state index in [9.17, 15) is 0 Å². The fourth-order valence-corrected chi connectivity index (χ4v) is 5.65. The van der Waals surface area contributed by atoms with Crippen molar-refractivity contribution < 1.29 is 13.6 Å². The summed E-state index contributed by atoms with van der Waals surface area (Å²) in [6.07, 6.45) is 17.7. The lowest BCUT2D eigenvalue weighted by Gasteiger charge is -2.07. The van der Waals surface area contributed by atoms with Crippen molar-refractivity contribution >= 4 is 11.1 Å². The van der Waals surface area contributed by atoms with E-state index in [1.54, 1.807) is 0 Å². The molecule has 0 bridgehead atoms. The summed E-state index contributed by atoms with van der Waals surface area (Å²) in [5, 5.41) is 17.1. The van der Waals surface area contributed by atoms with E-state index in [0.717, 1.165) is 47.9 Å². The van der Waals surface area contributed by atoms with E-state index in [1.165, 1.54) is 22.3 Å². The zero-order chi connectivity index (χ0) is 31.4. The first-order valence-electron chi connectivity index (χ1n) is 15.8. The smallest absolute Gasteiger partial charge is 0.248 e. The molecule has 0 atom stereocenters. The van der Waals surface area contributed by atoms with Gasteiger partial charge >= 0.3 is 0 Å². The Morgan fingerprint density at radius 2 is 0.702 bits per heavy atom. The van der Waals surface area contributed by atoms with Crippen LogP contribution in [-0.2, 0) is 0 Å². The maximum absolute atomic E-state index is 6.08. The Morgan fingerprint density at radius 1 is 0.383 bits per heavy atom. The molecule has 0 unspecified atom stereocenters. The molecule has 2 heterocycles. The largest absolute Gasteiger partial charge is 0.457 e. The van der Waals surface area contributed by atoms with Crippen molar-refractivity contribution in [2.45, 2.75) is 25.7 Å². The van der Waals surface area contributed by atoms with E-state index in [-0.39, 0.29) is 0 Å². The van der Waals surface area contributed by atoms with Crippen molar-refractivity contribution in [2.75, 3.05) is 0 Å². The number of hydrogen-bond acceptors (Lipinski definition) is 7. The minimum Gasteiger partial charge on any atom is -0.457 e. The maximum Gasteiger partial charge on any atom is 0.248 e. The highest BCUT2D eigenvalue weighted by Gasteiger charge is 2.14. The van der Waals surface area contributed by atoms with Crippen molar-refractivity contribution in [3.8, 4) is 57.3 Å². The molecule has 228 valence electrons. The lowest BCUT2D eigenvalue weighted by atomic mass is 9.99. The van der Waals surface area contributed by atoms with Crippen LogP contribution in [0, 0.1) is 0 Å². The van der Waals surface area contributed by atoms with Crippen LogP contribution in [0.5, 0.6) is 11.5 Å². The summed E-state index contributed by atoms with van der Waals surface area (Å²) in [5.74, 6) is 3.24. The minimum absolute atomic E-state index is 0.451.